The highest BCUT2D eigenvalue weighted by molar-refractivity contribution is 5.97. The molecule has 25 heavy (non-hydrogen) atoms. The lowest BCUT2D eigenvalue weighted by molar-refractivity contribution is 0.0686. The zero-order valence-electron chi connectivity index (χ0n) is 15.4. The largest absolute Gasteiger partial charge is 0.503 e. The summed E-state index contributed by atoms with van der Waals surface area (Å²) in [4.78, 5) is 11.7. The van der Waals surface area contributed by atoms with Crippen molar-refractivity contribution in [3.05, 3.63) is 5.56 Å². The van der Waals surface area contributed by atoms with Gasteiger partial charge in [0.05, 0.1) is 26.4 Å². The number of hydrogen-bond donors (Lipinski definition) is 2. The van der Waals surface area contributed by atoms with Gasteiger partial charge in [0.2, 0.25) is 17.2 Å². The van der Waals surface area contributed by atoms with Crippen LogP contribution in [0.1, 0.15) is 57.3 Å². The molecule has 0 atom stereocenters. The fourth-order valence-electron chi connectivity index (χ4n) is 2.34. The van der Waals surface area contributed by atoms with E-state index in [1.807, 2.05) is 0 Å². The van der Waals surface area contributed by atoms with Gasteiger partial charge in [0.1, 0.15) is 0 Å². The third-order valence-electron chi connectivity index (χ3n) is 3.37. The van der Waals surface area contributed by atoms with Gasteiger partial charge >= 0.3 is 5.97 Å². The van der Waals surface area contributed by atoms with Crippen LogP contribution in [0.3, 0.4) is 0 Å². The van der Waals surface area contributed by atoms with Crippen molar-refractivity contribution in [2.24, 2.45) is 0 Å². The molecule has 7 nitrogen and oxygen atoms in total. The molecule has 0 unspecified atom stereocenters. The maximum absolute atomic E-state index is 11.7. The van der Waals surface area contributed by atoms with Gasteiger partial charge in [-0.25, -0.2) is 4.79 Å². The minimum atomic E-state index is -1.33. The molecule has 1 rings (SSSR count). The monoisotopic (exact) mass is 356 g/mol. The van der Waals surface area contributed by atoms with Crippen molar-refractivity contribution in [3.8, 4) is 28.7 Å². The maximum atomic E-state index is 11.7. The molecule has 0 saturated carbocycles. The molecule has 1 aromatic rings. The number of phenols is 1. The third kappa shape index (κ3) is 5.08. The Hall–Kier alpha value is -2.31. The Morgan fingerprint density at radius 3 is 1.80 bits per heavy atom. The van der Waals surface area contributed by atoms with Gasteiger partial charge in [-0.15, -0.1) is 0 Å². The van der Waals surface area contributed by atoms with E-state index in [1.54, 1.807) is 20.8 Å². The Morgan fingerprint density at radius 1 is 0.800 bits per heavy atom. The Labute approximate surface area is 148 Å². The van der Waals surface area contributed by atoms with E-state index in [-0.39, 0.29) is 41.8 Å². The first-order valence-corrected chi connectivity index (χ1v) is 8.70. The summed E-state index contributed by atoms with van der Waals surface area (Å²) in [5, 5.41) is 20.0. The Bertz CT molecular complexity index is 569. The molecule has 0 heterocycles. The van der Waals surface area contributed by atoms with Gasteiger partial charge < -0.3 is 29.2 Å². The summed E-state index contributed by atoms with van der Waals surface area (Å²) in [6.07, 6.45) is 2.76. The summed E-state index contributed by atoms with van der Waals surface area (Å²) in [7, 11) is 0. The van der Waals surface area contributed by atoms with Crippen LogP contribution < -0.4 is 18.9 Å². The average Bonchev–Trinajstić information content (AvgIpc) is 2.57. The number of carboxylic acids is 1. The molecule has 0 aliphatic carbocycles. The van der Waals surface area contributed by atoms with Crippen molar-refractivity contribution in [2.45, 2.75) is 47.0 Å². The van der Waals surface area contributed by atoms with E-state index in [0.717, 1.165) is 19.3 Å². The second-order valence-corrected chi connectivity index (χ2v) is 5.20. The number of carbonyl (C=O) groups is 1. The molecule has 0 aromatic heterocycles. The highest BCUT2D eigenvalue weighted by atomic mass is 16.6. The average molecular weight is 356 g/mol. The van der Waals surface area contributed by atoms with E-state index < -0.39 is 11.7 Å². The van der Waals surface area contributed by atoms with Crippen LogP contribution in [-0.4, -0.2) is 42.6 Å². The van der Waals surface area contributed by atoms with Crippen LogP contribution in [0.2, 0.25) is 0 Å². The van der Waals surface area contributed by atoms with E-state index in [4.69, 9.17) is 18.9 Å². The fourth-order valence-corrected chi connectivity index (χ4v) is 2.34. The quantitative estimate of drug-likeness (QED) is 0.549. The van der Waals surface area contributed by atoms with Crippen LogP contribution in [-0.2, 0) is 0 Å². The van der Waals surface area contributed by atoms with E-state index in [0.29, 0.717) is 13.2 Å². The first-order chi connectivity index (χ1) is 12.0. The highest BCUT2D eigenvalue weighted by Crippen LogP contribution is 2.53. The Balaban J connectivity index is 3.52. The van der Waals surface area contributed by atoms with Gasteiger partial charge in [-0.1, -0.05) is 19.8 Å². The molecule has 2 N–H and O–H groups in total. The zero-order chi connectivity index (χ0) is 18.8. The number of ether oxygens (including phenoxy) is 4. The summed E-state index contributed by atoms with van der Waals surface area (Å²) < 4.78 is 22.3. The van der Waals surface area contributed by atoms with Crippen molar-refractivity contribution in [1.82, 2.24) is 0 Å². The minimum Gasteiger partial charge on any atom is -0.503 e. The van der Waals surface area contributed by atoms with E-state index in [2.05, 4.69) is 6.92 Å². The number of aromatic carboxylic acids is 1. The second-order valence-electron chi connectivity index (χ2n) is 5.20. The van der Waals surface area contributed by atoms with Crippen molar-refractivity contribution in [2.75, 3.05) is 26.4 Å². The molecule has 0 fully saturated rings. The van der Waals surface area contributed by atoms with Crippen LogP contribution in [0.15, 0.2) is 0 Å². The van der Waals surface area contributed by atoms with Crippen LogP contribution in [0.5, 0.6) is 28.7 Å². The normalized spacial score (nSPS) is 10.4. The van der Waals surface area contributed by atoms with Crippen molar-refractivity contribution in [3.63, 3.8) is 0 Å². The SMILES string of the molecule is CCCCCOc1c(O)c(C(=O)O)c(OCC)c(OCC)c1OCC. The smallest absolute Gasteiger partial charge is 0.343 e. The molecular weight excluding hydrogens is 328 g/mol. The van der Waals surface area contributed by atoms with Gasteiger partial charge in [0, 0.05) is 0 Å². The van der Waals surface area contributed by atoms with Crippen LogP contribution in [0.4, 0.5) is 0 Å². The van der Waals surface area contributed by atoms with Gasteiger partial charge in [-0.2, -0.15) is 0 Å². The molecule has 0 radical (unpaired) electrons. The molecular formula is C18H28O7. The molecule has 0 spiro atoms. The van der Waals surface area contributed by atoms with E-state index in [9.17, 15) is 15.0 Å². The number of carboxylic acid groups (broad SMARTS) is 1. The minimum absolute atomic E-state index is 0.0257. The summed E-state index contributed by atoms with van der Waals surface area (Å²) in [5.74, 6) is -1.64. The van der Waals surface area contributed by atoms with Gasteiger partial charge in [-0.3, -0.25) is 0 Å². The topological polar surface area (TPSA) is 94.5 Å². The molecule has 142 valence electrons. The van der Waals surface area contributed by atoms with Crippen molar-refractivity contribution >= 4 is 5.97 Å². The number of rotatable bonds is 12. The van der Waals surface area contributed by atoms with Crippen LogP contribution in [0.25, 0.3) is 0 Å². The van der Waals surface area contributed by atoms with Gasteiger partial charge in [-0.05, 0) is 27.2 Å². The van der Waals surface area contributed by atoms with Crippen molar-refractivity contribution < 1.29 is 34.0 Å². The first-order valence-electron chi connectivity index (χ1n) is 8.70. The number of aromatic hydroxyl groups is 1. The first kappa shape index (κ1) is 20.7. The molecule has 0 amide bonds. The molecule has 0 saturated heterocycles. The summed E-state index contributed by atoms with van der Waals surface area (Å²) in [5.41, 5.74) is -0.390. The number of hydrogen-bond acceptors (Lipinski definition) is 6. The zero-order valence-corrected chi connectivity index (χ0v) is 15.4. The number of unbranched alkanes of at least 4 members (excludes halogenated alkanes) is 2. The van der Waals surface area contributed by atoms with Crippen LogP contribution in [0, 0.1) is 0 Å². The number of benzene rings is 1. The molecule has 0 bridgehead atoms. The highest BCUT2D eigenvalue weighted by Gasteiger charge is 2.32. The lowest BCUT2D eigenvalue weighted by Crippen LogP contribution is -2.11. The maximum Gasteiger partial charge on any atom is 0.343 e. The lowest BCUT2D eigenvalue weighted by Gasteiger charge is -2.21. The van der Waals surface area contributed by atoms with E-state index in [1.165, 1.54) is 0 Å². The fraction of sp³-hybridized carbons (Fsp3) is 0.611. The molecule has 7 heteroatoms. The Kier molecular flexibility index (Phi) is 8.74. The molecule has 0 aliphatic rings. The summed E-state index contributed by atoms with van der Waals surface area (Å²) in [6, 6.07) is 0. The van der Waals surface area contributed by atoms with Crippen LogP contribution >= 0.6 is 0 Å². The van der Waals surface area contributed by atoms with E-state index >= 15 is 0 Å². The second kappa shape index (κ2) is 10.5. The standard InChI is InChI=1S/C18H28O7/c1-5-9-10-11-25-15-13(19)12(18(20)21)14(22-6-2)16(23-7-3)17(15)24-8-4/h19H,5-11H2,1-4H3,(H,20,21). The Morgan fingerprint density at radius 2 is 1.32 bits per heavy atom. The lowest BCUT2D eigenvalue weighted by atomic mass is 10.1. The molecule has 1 aromatic carbocycles. The molecule has 0 aliphatic heterocycles. The summed E-state index contributed by atoms with van der Waals surface area (Å²) in [6.45, 7) is 8.44. The van der Waals surface area contributed by atoms with Gasteiger partial charge in [0.15, 0.2) is 17.1 Å². The summed E-state index contributed by atoms with van der Waals surface area (Å²) >= 11 is 0. The van der Waals surface area contributed by atoms with Gasteiger partial charge in [0.25, 0.3) is 0 Å². The third-order valence-corrected chi connectivity index (χ3v) is 3.37. The predicted octanol–water partition coefficient (Wildman–Crippen LogP) is 3.86. The predicted molar refractivity (Wildman–Crippen MR) is 93.6 cm³/mol. The van der Waals surface area contributed by atoms with Crippen molar-refractivity contribution in [1.29, 1.82) is 0 Å².